The number of ether oxygens (including phenoxy) is 4. The lowest BCUT2D eigenvalue weighted by Gasteiger charge is -2.14. The van der Waals surface area contributed by atoms with E-state index in [-0.39, 0.29) is 44.7 Å². The molecule has 2 amide bonds. The smallest absolute Gasteiger partial charge is 0.407 e. The highest BCUT2D eigenvalue weighted by molar-refractivity contribution is 14.1. The molecule has 2 aromatic rings. The minimum atomic E-state index is -0.712. The van der Waals surface area contributed by atoms with Crippen LogP contribution in [-0.2, 0) is 41.8 Å². The summed E-state index contributed by atoms with van der Waals surface area (Å²) < 4.78 is 19.6. The van der Waals surface area contributed by atoms with E-state index < -0.39 is 24.2 Å². The first-order valence-electron chi connectivity index (χ1n) is 11.6. The van der Waals surface area contributed by atoms with E-state index in [1.165, 1.54) is 14.2 Å². The molecule has 38 heavy (non-hydrogen) atoms. The highest BCUT2D eigenvalue weighted by atomic mass is 127. The lowest BCUT2D eigenvalue weighted by molar-refractivity contribution is -0.142. The van der Waals surface area contributed by atoms with Gasteiger partial charge in [-0.1, -0.05) is 83.3 Å². The third-order valence-corrected chi connectivity index (χ3v) is 5.82. The molecule has 0 aliphatic heterocycles. The zero-order chi connectivity index (χ0) is 28.2. The van der Waals surface area contributed by atoms with Crippen LogP contribution in [0.4, 0.5) is 9.59 Å². The fraction of sp³-hybridized carbons (Fsp3) is 0.385. The lowest BCUT2D eigenvalue weighted by atomic mass is 10.2. The Kier molecular flexibility index (Phi) is 16.9. The van der Waals surface area contributed by atoms with Crippen molar-refractivity contribution in [1.29, 1.82) is 0 Å². The summed E-state index contributed by atoms with van der Waals surface area (Å²) in [5, 5.41) is 14.0. The van der Waals surface area contributed by atoms with E-state index in [1.807, 2.05) is 60.7 Å². The first-order chi connectivity index (χ1) is 18.3. The molecule has 0 radical (unpaired) electrons. The van der Waals surface area contributed by atoms with Gasteiger partial charge in [0.25, 0.3) is 0 Å². The van der Waals surface area contributed by atoms with Gasteiger partial charge in [0.2, 0.25) is 0 Å². The molecule has 0 aliphatic rings. The van der Waals surface area contributed by atoms with Crippen molar-refractivity contribution >= 4 is 46.7 Å². The van der Waals surface area contributed by atoms with Gasteiger partial charge in [0, 0.05) is 4.43 Å². The summed E-state index contributed by atoms with van der Waals surface area (Å²) in [6.07, 6.45) is -1.19. The summed E-state index contributed by atoms with van der Waals surface area (Å²) >= 11 is 2.09. The Morgan fingerprint density at radius 3 is 1.50 bits per heavy atom. The standard InChI is InChI=1S/C13H16INO4.C13H17NO5/c1-18-12(16)7-11(8-14)15-13(17)19-9-10-5-3-2-4-6-10;1-18-12(16)7-11(8-15)14-13(17)19-9-10-5-3-2-4-6-10/h2-6,11H,7-9H2,1H3,(H,15,17);2-6,11,15H,7-9H2,1H3,(H,14,17)/t2*11-/m10/s1. The van der Waals surface area contributed by atoms with E-state index in [0.717, 1.165) is 11.1 Å². The van der Waals surface area contributed by atoms with Crippen LogP contribution in [0.15, 0.2) is 60.7 Å². The van der Waals surface area contributed by atoms with Crippen LogP contribution in [0.5, 0.6) is 0 Å². The largest absolute Gasteiger partial charge is 0.469 e. The second kappa shape index (κ2) is 19.7. The van der Waals surface area contributed by atoms with Crippen LogP contribution < -0.4 is 10.6 Å². The number of halogens is 1. The SMILES string of the molecule is COC(=O)C[C@@H](CO)NC(=O)OCc1ccccc1.COC(=O)C[C@H](CI)NC(=O)OCc1ccccc1. The van der Waals surface area contributed by atoms with Gasteiger partial charge >= 0.3 is 24.1 Å². The molecular weight excluding hydrogens is 611 g/mol. The van der Waals surface area contributed by atoms with Crippen LogP contribution in [0, 0.1) is 0 Å². The van der Waals surface area contributed by atoms with E-state index in [1.54, 1.807) is 0 Å². The Hall–Kier alpha value is -3.39. The molecule has 2 rings (SSSR count). The van der Waals surface area contributed by atoms with Crippen LogP contribution in [-0.4, -0.2) is 66.6 Å². The molecule has 0 unspecified atom stereocenters. The first-order valence-corrected chi connectivity index (χ1v) is 13.1. The zero-order valence-electron chi connectivity index (χ0n) is 21.3. The van der Waals surface area contributed by atoms with Crippen LogP contribution in [0.2, 0.25) is 0 Å². The van der Waals surface area contributed by atoms with E-state index in [9.17, 15) is 19.2 Å². The fourth-order valence-corrected chi connectivity index (χ4v) is 3.27. The van der Waals surface area contributed by atoms with Gasteiger partial charge in [0.1, 0.15) is 13.2 Å². The molecule has 3 N–H and O–H groups in total. The van der Waals surface area contributed by atoms with E-state index in [2.05, 4.69) is 42.7 Å². The predicted octanol–water partition coefficient (Wildman–Crippen LogP) is 3.12. The van der Waals surface area contributed by atoms with E-state index in [4.69, 9.17) is 14.6 Å². The van der Waals surface area contributed by atoms with Crippen molar-refractivity contribution in [3.8, 4) is 0 Å². The average Bonchev–Trinajstić information content (AvgIpc) is 2.95. The number of esters is 2. The number of rotatable bonds is 12. The Labute approximate surface area is 235 Å². The van der Waals surface area contributed by atoms with E-state index >= 15 is 0 Å². The predicted molar refractivity (Wildman–Crippen MR) is 146 cm³/mol. The summed E-state index contributed by atoms with van der Waals surface area (Å²) in [7, 11) is 2.56. The molecule has 12 heteroatoms. The molecule has 0 aromatic heterocycles. The van der Waals surface area contributed by atoms with Crippen molar-refractivity contribution in [1.82, 2.24) is 10.6 Å². The first kappa shape index (κ1) is 32.6. The number of hydrogen-bond acceptors (Lipinski definition) is 9. The number of aliphatic hydroxyl groups is 1. The highest BCUT2D eigenvalue weighted by Gasteiger charge is 2.17. The summed E-state index contributed by atoms with van der Waals surface area (Å²) in [4.78, 5) is 45.2. The van der Waals surface area contributed by atoms with Crippen molar-refractivity contribution in [2.45, 2.75) is 38.1 Å². The maximum atomic E-state index is 11.6. The van der Waals surface area contributed by atoms with Gasteiger partial charge in [0.05, 0.1) is 45.8 Å². The third-order valence-electron chi connectivity index (χ3n) is 4.76. The molecule has 11 nitrogen and oxygen atoms in total. The van der Waals surface area contributed by atoms with Gasteiger partial charge in [-0.15, -0.1) is 0 Å². The zero-order valence-corrected chi connectivity index (χ0v) is 23.4. The molecule has 0 aliphatic carbocycles. The van der Waals surface area contributed by atoms with Gasteiger partial charge in [-0.25, -0.2) is 9.59 Å². The summed E-state index contributed by atoms with van der Waals surface area (Å²) in [5.41, 5.74) is 1.77. The van der Waals surface area contributed by atoms with Crippen LogP contribution in [0.3, 0.4) is 0 Å². The molecule has 0 saturated carbocycles. The molecule has 0 saturated heterocycles. The van der Waals surface area contributed by atoms with Crippen LogP contribution >= 0.6 is 22.6 Å². The molecule has 0 bridgehead atoms. The maximum absolute atomic E-state index is 11.6. The van der Waals surface area contributed by atoms with E-state index in [0.29, 0.717) is 4.43 Å². The van der Waals surface area contributed by atoms with Crippen molar-refractivity contribution in [3.63, 3.8) is 0 Å². The quantitative estimate of drug-likeness (QED) is 0.137. The van der Waals surface area contributed by atoms with Gasteiger partial charge in [0.15, 0.2) is 0 Å². The van der Waals surface area contributed by atoms with Gasteiger partial charge in [-0.3, -0.25) is 9.59 Å². The van der Waals surface area contributed by atoms with Gasteiger partial charge in [-0.2, -0.15) is 0 Å². The number of alkyl carbamates (subject to hydrolysis) is 2. The maximum Gasteiger partial charge on any atom is 0.407 e. The topological polar surface area (TPSA) is 149 Å². The number of hydrogen-bond donors (Lipinski definition) is 3. The normalized spacial score (nSPS) is 11.5. The number of aliphatic hydroxyl groups excluding tert-OH is 1. The number of alkyl halides is 1. The van der Waals surface area contributed by atoms with Gasteiger partial charge < -0.3 is 34.7 Å². The Bertz CT molecular complexity index is 898. The number of nitrogens with one attached hydrogen (secondary N) is 2. The highest BCUT2D eigenvalue weighted by Crippen LogP contribution is 2.04. The molecule has 2 atom stereocenters. The summed E-state index contributed by atoms with van der Waals surface area (Å²) in [5.74, 6) is -0.868. The fourth-order valence-electron chi connectivity index (χ4n) is 2.74. The number of benzene rings is 2. The molecule has 0 heterocycles. The average molecular weight is 644 g/mol. The number of amides is 2. The number of methoxy groups -OCH3 is 2. The molecule has 0 fully saturated rings. The van der Waals surface area contributed by atoms with Crippen LogP contribution in [0.1, 0.15) is 24.0 Å². The minimum absolute atomic E-state index is 0.104. The van der Waals surface area contributed by atoms with Gasteiger partial charge in [-0.05, 0) is 11.1 Å². The minimum Gasteiger partial charge on any atom is -0.469 e. The van der Waals surface area contributed by atoms with Crippen LogP contribution in [0.25, 0.3) is 0 Å². The third kappa shape index (κ3) is 15.0. The molecule has 2 aromatic carbocycles. The number of carbonyl (C=O) groups is 4. The second-order valence-corrected chi connectivity index (χ2v) is 8.58. The Balaban J connectivity index is 0.000000380. The van der Waals surface area contributed by atoms with Crippen molar-refractivity contribution < 1.29 is 43.2 Å². The molecule has 208 valence electrons. The van der Waals surface area contributed by atoms with Crippen molar-refractivity contribution in [3.05, 3.63) is 71.8 Å². The van der Waals surface area contributed by atoms with Crippen molar-refractivity contribution in [2.75, 3.05) is 25.3 Å². The van der Waals surface area contributed by atoms with Crippen molar-refractivity contribution in [2.24, 2.45) is 0 Å². The Morgan fingerprint density at radius 2 is 1.13 bits per heavy atom. The lowest BCUT2D eigenvalue weighted by Crippen LogP contribution is -2.39. The molecule has 0 spiro atoms. The summed E-state index contributed by atoms with van der Waals surface area (Å²) in [6, 6.07) is 17.6. The second-order valence-electron chi connectivity index (χ2n) is 7.70. The summed E-state index contributed by atoms with van der Waals surface area (Å²) in [6.45, 7) is -0.0303. The molecular formula is C26H33IN2O9. The number of carbonyl (C=O) groups excluding carboxylic acids is 4. The Morgan fingerprint density at radius 1 is 0.737 bits per heavy atom. The monoisotopic (exact) mass is 644 g/mol.